The number of aromatic amines is 2. The number of hydrogen-bond donors (Lipinski definition) is 4. The Labute approximate surface area is 231 Å². The van der Waals surface area contributed by atoms with Crippen molar-refractivity contribution in [1.29, 1.82) is 0 Å². The van der Waals surface area contributed by atoms with E-state index in [-0.39, 0.29) is 34.4 Å². The molecule has 4 heterocycles. The number of carbonyl (C=O) groups excluding carboxylic acids is 2. The molecule has 1 aromatic carbocycles. The number of H-pyrrole nitrogens is 2. The maximum atomic E-state index is 14.5. The molecule has 0 radical (unpaired) electrons. The number of oxazole rings is 1. The van der Waals surface area contributed by atoms with Gasteiger partial charge in [0.05, 0.1) is 11.7 Å². The highest BCUT2D eigenvalue weighted by Gasteiger charge is 3.10. The summed E-state index contributed by atoms with van der Waals surface area (Å²) in [6.45, 7) is 0.576. The lowest BCUT2D eigenvalue weighted by molar-refractivity contribution is -0.627. The molecular formula is C27H19FN8O6. The molecule has 6 aliphatic carbocycles. The number of rotatable bonds is 7. The summed E-state index contributed by atoms with van der Waals surface area (Å²) in [5.74, 6) is 0.582. The van der Waals surface area contributed by atoms with E-state index < -0.39 is 29.1 Å². The number of carbonyl (C=O) groups is 2. The second-order valence-electron chi connectivity index (χ2n) is 12.1. The van der Waals surface area contributed by atoms with Gasteiger partial charge in [-0.2, -0.15) is 5.10 Å². The van der Waals surface area contributed by atoms with Gasteiger partial charge in [0, 0.05) is 24.6 Å². The molecule has 0 aliphatic heterocycles. The quantitative estimate of drug-likeness (QED) is 0.213. The Morgan fingerprint density at radius 2 is 1.79 bits per heavy atom. The largest absolute Gasteiger partial charge is 0.438 e. The first-order chi connectivity index (χ1) is 20.3. The molecule has 0 unspecified atom stereocenters. The van der Waals surface area contributed by atoms with Crippen LogP contribution in [0.1, 0.15) is 32.4 Å². The Bertz CT molecular complexity index is 2140. The summed E-state index contributed by atoms with van der Waals surface area (Å²) in [7, 11) is 0. The van der Waals surface area contributed by atoms with E-state index in [1.165, 1.54) is 6.07 Å². The van der Waals surface area contributed by atoms with E-state index in [0.717, 1.165) is 10.7 Å². The fourth-order valence-corrected chi connectivity index (χ4v) is 9.91. The molecule has 210 valence electrons. The minimum Gasteiger partial charge on any atom is -0.408 e. The van der Waals surface area contributed by atoms with Crippen LogP contribution in [0.15, 0.2) is 49.0 Å². The van der Waals surface area contributed by atoms with Gasteiger partial charge in [-0.05, 0) is 58.6 Å². The minimum atomic E-state index is -0.759. The van der Waals surface area contributed by atoms with E-state index in [9.17, 15) is 23.6 Å². The minimum absolute atomic E-state index is 0.000000323. The van der Waals surface area contributed by atoms with Gasteiger partial charge in [-0.3, -0.25) is 24.1 Å². The third-order valence-electron chi connectivity index (χ3n) is 11.1. The summed E-state index contributed by atoms with van der Waals surface area (Å²) in [5, 5.41) is 13.7. The molecule has 14 nitrogen and oxygen atoms in total. The fraction of sp³-hybridized carbons (Fsp3) is 0.370. The van der Waals surface area contributed by atoms with Crippen molar-refractivity contribution in [2.75, 3.05) is 6.54 Å². The molecule has 0 bridgehead atoms. The van der Waals surface area contributed by atoms with Crippen LogP contribution in [0.3, 0.4) is 0 Å². The molecule has 4 N–H and O–H groups in total. The van der Waals surface area contributed by atoms with Gasteiger partial charge in [-0.1, -0.05) is 11.2 Å². The van der Waals surface area contributed by atoms with Crippen LogP contribution in [0.5, 0.6) is 0 Å². The Hall–Kier alpha value is -5.08. The highest BCUT2D eigenvalue weighted by molar-refractivity contribution is 5.98. The Morgan fingerprint density at radius 3 is 2.52 bits per heavy atom. The molecule has 5 aromatic rings. The van der Waals surface area contributed by atoms with E-state index in [2.05, 4.69) is 35.8 Å². The second-order valence-corrected chi connectivity index (χ2v) is 12.1. The number of hydrogen-bond acceptors (Lipinski definition) is 9. The van der Waals surface area contributed by atoms with Crippen molar-refractivity contribution in [3.05, 3.63) is 80.2 Å². The van der Waals surface area contributed by atoms with Crippen LogP contribution in [0.25, 0.3) is 16.7 Å². The first-order valence-electron chi connectivity index (χ1n) is 13.6. The van der Waals surface area contributed by atoms with Crippen molar-refractivity contribution >= 4 is 28.6 Å². The van der Waals surface area contributed by atoms with Crippen molar-refractivity contribution in [3.8, 4) is 0 Å². The highest BCUT2D eigenvalue weighted by atomic mass is 19.1. The van der Waals surface area contributed by atoms with Gasteiger partial charge in [-0.25, -0.2) is 23.5 Å². The van der Waals surface area contributed by atoms with E-state index >= 15 is 0 Å². The molecule has 4 aromatic heterocycles. The van der Waals surface area contributed by atoms with Crippen LogP contribution in [0.4, 0.5) is 4.39 Å². The third kappa shape index (κ3) is 2.21. The summed E-state index contributed by atoms with van der Waals surface area (Å²) >= 11 is 0. The maximum Gasteiger partial charge on any atom is 0.438 e. The molecule has 0 saturated heterocycles. The van der Waals surface area contributed by atoms with E-state index in [1.54, 1.807) is 18.2 Å². The van der Waals surface area contributed by atoms with E-state index in [4.69, 9.17) is 8.94 Å². The number of nitrogens with zero attached hydrogens (tertiary/aromatic N) is 4. The average molecular weight is 570 g/mol. The van der Waals surface area contributed by atoms with Gasteiger partial charge in [-0.15, -0.1) is 0 Å². The van der Waals surface area contributed by atoms with Gasteiger partial charge in [0.15, 0.2) is 22.9 Å². The number of amides is 2. The first kappa shape index (κ1) is 22.6. The van der Waals surface area contributed by atoms with Crippen LogP contribution in [-0.2, 0) is 12.0 Å². The molecule has 15 heteroatoms. The Morgan fingerprint density at radius 1 is 1.00 bits per heavy atom. The monoisotopic (exact) mass is 570 g/mol. The summed E-state index contributed by atoms with van der Waals surface area (Å²) in [6.07, 6.45) is 0.952. The van der Waals surface area contributed by atoms with Crippen LogP contribution < -0.4 is 22.1 Å². The summed E-state index contributed by atoms with van der Waals surface area (Å²) in [4.78, 5) is 58.8. The van der Waals surface area contributed by atoms with E-state index in [1.807, 2.05) is 0 Å². The SMILES string of the molecule is O=C(NCc1ccc2oc(=O)[nH]c2c1)c1cc(C(=O)NCC23C4C5C2C2C3C4C52c2noc(=O)[nH]2)n2ncc(F)c2n1. The second kappa shape index (κ2) is 6.86. The number of benzene rings is 1. The zero-order valence-electron chi connectivity index (χ0n) is 21.4. The van der Waals surface area contributed by atoms with Gasteiger partial charge in [0.1, 0.15) is 11.4 Å². The van der Waals surface area contributed by atoms with Crippen molar-refractivity contribution in [2.45, 2.75) is 12.0 Å². The molecule has 6 fully saturated rings. The number of nitrogens with one attached hydrogen (secondary N) is 4. The van der Waals surface area contributed by atoms with Gasteiger partial charge in [0.2, 0.25) is 0 Å². The van der Waals surface area contributed by atoms with Crippen LogP contribution in [0, 0.1) is 46.7 Å². The first-order valence-corrected chi connectivity index (χ1v) is 13.6. The van der Waals surface area contributed by atoms with Crippen molar-refractivity contribution in [1.82, 2.24) is 40.4 Å². The van der Waals surface area contributed by atoms with Crippen molar-refractivity contribution in [3.63, 3.8) is 0 Å². The third-order valence-corrected chi connectivity index (χ3v) is 11.1. The number of fused-ring (bicyclic) bond motifs is 2. The maximum absolute atomic E-state index is 14.5. The Kier molecular flexibility index (Phi) is 3.69. The molecule has 6 saturated carbocycles. The lowest BCUT2D eigenvalue weighted by Crippen LogP contribution is -3.12. The summed E-state index contributed by atoms with van der Waals surface area (Å²) in [6, 6.07) is 6.28. The lowest BCUT2D eigenvalue weighted by atomic mass is 8.92. The van der Waals surface area contributed by atoms with Crippen LogP contribution >= 0.6 is 0 Å². The van der Waals surface area contributed by atoms with Gasteiger partial charge in [0.25, 0.3) is 11.8 Å². The zero-order valence-corrected chi connectivity index (χ0v) is 21.4. The molecule has 42 heavy (non-hydrogen) atoms. The van der Waals surface area contributed by atoms with Crippen molar-refractivity contribution < 1.29 is 22.9 Å². The smallest absolute Gasteiger partial charge is 0.408 e. The van der Waals surface area contributed by atoms with Gasteiger partial charge >= 0.3 is 11.5 Å². The van der Waals surface area contributed by atoms with E-state index in [0.29, 0.717) is 64.5 Å². The summed E-state index contributed by atoms with van der Waals surface area (Å²) in [5.41, 5.74) is 1.23. The number of aromatic nitrogens is 6. The molecule has 6 aliphatic rings. The highest BCUT2D eigenvalue weighted by Crippen LogP contribution is 3.09. The topological polar surface area (TPSA) is 193 Å². The molecule has 0 spiro atoms. The molecular weight excluding hydrogens is 551 g/mol. The Balaban J connectivity index is 0.870. The normalized spacial score (nSPS) is 33.6. The number of halogens is 1. The van der Waals surface area contributed by atoms with Gasteiger partial charge < -0.3 is 15.1 Å². The lowest BCUT2D eigenvalue weighted by Gasteiger charge is -3.11. The fourth-order valence-electron chi connectivity index (χ4n) is 9.91. The average Bonchev–Trinajstić information content (AvgIpc) is 3.71. The van der Waals surface area contributed by atoms with Crippen LogP contribution in [0.2, 0.25) is 0 Å². The molecule has 0 atom stereocenters. The van der Waals surface area contributed by atoms with Crippen molar-refractivity contribution in [2.24, 2.45) is 40.9 Å². The predicted molar refractivity (Wildman–Crippen MR) is 135 cm³/mol. The standard InChI is InChI=1S/C27H19FN8O6/c28-9-6-31-36-12(4-11(32-20(9)36)21(37)29-5-8-1-2-13-10(3-8)33-24(39)41-13)22(38)30-7-26-14-17-15(26)19-16(26)18(14)27(17,19)23-34-25(40)42-35-23/h1-4,6,14-19H,5,7H2,(H,29,37)(H,30,38)(H,33,39)(H,34,35,40). The molecule has 11 rings (SSSR count). The zero-order chi connectivity index (χ0) is 28.3. The predicted octanol–water partition coefficient (Wildman–Crippen LogP) is 0.329. The molecule has 2 amide bonds. The summed E-state index contributed by atoms with van der Waals surface area (Å²) < 4.78 is 25.4. The van der Waals surface area contributed by atoms with Crippen LogP contribution in [-0.4, -0.2) is 48.1 Å².